The van der Waals surface area contributed by atoms with Gasteiger partial charge in [-0.25, -0.2) is 4.98 Å². The second-order valence-electron chi connectivity index (χ2n) is 5.01. The molecule has 2 N–H and O–H groups in total. The third-order valence-corrected chi connectivity index (χ3v) is 3.60. The van der Waals surface area contributed by atoms with Crippen molar-refractivity contribution in [2.45, 2.75) is 19.0 Å². The highest BCUT2D eigenvalue weighted by Gasteiger charge is 2.34. The summed E-state index contributed by atoms with van der Waals surface area (Å²) in [4.78, 5) is 5.22. The number of aromatic nitrogens is 1. The van der Waals surface area contributed by atoms with Crippen molar-refractivity contribution in [3.63, 3.8) is 0 Å². The van der Waals surface area contributed by atoms with Crippen molar-refractivity contribution >= 4 is 17.1 Å². The van der Waals surface area contributed by atoms with Gasteiger partial charge in [-0.2, -0.15) is 13.2 Å². The van der Waals surface area contributed by atoms with Crippen molar-refractivity contribution in [3.8, 4) is 0 Å². The Hall–Kier alpha value is -2.24. The molecule has 0 radical (unpaired) electrons. The van der Waals surface area contributed by atoms with Crippen molar-refractivity contribution in [3.05, 3.63) is 47.8 Å². The van der Waals surface area contributed by atoms with Gasteiger partial charge in [0.2, 0.25) is 0 Å². The van der Waals surface area contributed by atoms with E-state index >= 15 is 0 Å². The molecule has 0 unspecified atom stereocenters. The Bertz CT molecular complexity index is 667. The zero-order valence-electron chi connectivity index (χ0n) is 11.2. The van der Waals surface area contributed by atoms with Crippen LogP contribution in [-0.2, 0) is 12.6 Å². The first-order chi connectivity index (χ1) is 9.97. The topological polar surface area (TPSA) is 42.1 Å². The fraction of sp³-hybridized carbons (Fsp3) is 0.267. The van der Waals surface area contributed by atoms with Crippen LogP contribution in [0.1, 0.15) is 17.7 Å². The summed E-state index contributed by atoms with van der Waals surface area (Å²) in [5, 5.41) is 0. The van der Waals surface area contributed by atoms with Crippen molar-refractivity contribution in [2.24, 2.45) is 0 Å². The minimum atomic E-state index is -4.47. The molecule has 21 heavy (non-hydrogen) atoms. The van der Waals surface area contributed by atoms with Crippen LogP contribution >= 0.6 is 0 Å². The lowest BCUT2D eigenvalue weighted by Crippen LogP contribution is -2.26. The molecular weight excluding hydrogens is 279 g/mol. The van der Waals surface area contributed by atoms with Crippen molar-refractivity contribution < 1.29 is 13.2 Å². The molecule has 0 aliphatic carbocycles. The van der Waals surface area contributed by atoms with Gasteiger partial charge in [0.15, 0.2) is 0 Å². The number of anilines is 3. The Labute approximate surface area is 120 Å². The van der Waals surface area contributed by atoms with Crippen LogP contribution in [0.3, 0.4) is 0 Å². The van der Waals surface area contributed by atoms with E-state index in [9.17, 15) is 13.2 Å². The SMILES string of the molecule is Nc1cnc(C(F)(F)F)cc1N1CCCc2ccccc21. The molecule has 0 amide bonds. The molecule has 0 saturated carbocycles. The van der Waals surface area contributed by atoms with Crippen LogP contribution in [0.25, 0.3) is 0 Å². The summed E-state index contributed by atoms with van der Waals surface area (Å²) in [7, 11) is 0. The standard InChI is InChI=1S/C15H14F3N3/c16-15(17,18)14-8-13(11(19)9-20-14)21-7-3-5-10-4-1-2-6-12(10)21/h1-2,4,6,8-9H,3,5,7,19H2. The lowest BCUT2D eigenvalue weighted by Gasteiger charge is -2.32. The molecule has 0 spiro atoms. The van der Waals surface area contributed by atoms with Crippen LogP contribution in [0.5, 0.6) is 0 Å². The molecule has 0 saturated heterocycles. The number of alkyl halides is 3. The Morgan fingerprint density at radius 2 is 1.90 bits per heavy atom. The van der Waals surface area contributed by atoms with Gasteiger partial charge in [-0.15, -0.1) is 0 Å². The number of hydrogen-bond acceptors (Lipinski definition) is 3. The molecule has 1 aromatic carbocycles. The lowest BCUT2D eigenvalue weighted by molar-refractivity contribution is -0.141. The van der Waals surface area contributed by atoms with E-state index in [0.29, 0.717) is 12.2 Å². The number of benzene rings is 1. The number of hydrogen-bond donors (Lipinski definition) is 1. The molecule has 6 heteroatoms. The van der Waals surface area contributed by atoms with Gasteiger partial charge in [-0.05, 0) is 30.5 Å². The second-order valence-corrected chi connectivity index (χ2v) is 5.01. The first kappa shape index (κ1) is 13.7. The minimum absolute atomic E-state index is 0.250. The van der Waals surface area contributed by atoms with E-state index < -0.39 is 11.9 Å². The lowest BCUT2D eigenvalue weighted by atomic mass is 10.0. The first-order valence-electron chi connectivity index (χ1n) is 6.65. The van der Waals surface area contributed by atoms with E-state index in [4.69, 9.17) is 5.73 Å². The van der Waals surface area contributed by atoms with E-state index in [2.05, 4.69) is 4.98 Å². The number of para-hydroxylation sites is 1. The van der Waals surface area contributed by atoms with Gasteiger partial charge >= 0.3 is 6.18 Å². The summed E-state index contributed by atoms with van der Waals surface area (Å²) in [6.45, 7) is 0.641. The first-order valence-corrected chi connectivity index (χ1v) is 6.65. The Morgan fingerprint density at radius 1 is 1.14 bits per heavy atom. The number of halogens is 3. The third-order valence-electron chi connectivity index (χ3n) is 3.60. The van der Waals surface area contributed by atoms with E-state index in [0.717, 1.165) is 36.4 Å². The summed E-state index contributed by atoms with van der Waals surface area (Å²) >= 11 is 0. The molecule has 0 bridgehead atoms. The van der Waals surface area contributed by atoms with Crippen LogP contribution < -0.4 is 10.6 Å². The number of pyridine rings is 1. The highest BCUT2D eigenvalue weighted by Crippen LogP contribution is 2.38. The van der Waals surface area contributed by atoms with Crippen molar-refractivity contribution in [2.75, 3.05) is 17.2 Å². The van der Waals surface area contributed by atoms with Crippen molar-refractivity contribution in [1.82, 2.24) is 4.98 Å². The van der Waals surface area contributed by atoms with Crippen LogP contribution in [-0.4, -0.2) is 11.5 Å². The van der Waals surface area contributed by atoms with Gasteiger partial charge in [0, 0.05) is 12.2 Å². The van der Waals surface area contributed by atoms with E-state index in [-0.39, 0.29) is 5.69 Å². The van der Waals surface area contributed by atoms with Crippen LogP contribution in [0.2, 0.25) is 0 Å². The average Bonchev–Trinajstić information content (AvgIpc) is 2.46. The zero-order chi connectivity index (χ0) is 15.0. The second kappa shape index (κ2) is 4.95. The van der Waals surface area contributed by atoms with Crippen LogP contribution in [0.15, 0.2) is 36.5 Å². The summed E-state index contributed by atoms with van der Waals surface area (Å²) in [6.07, 6.45) is -1.60. The highest BCUT2D eigenvalue weighted by atomic mass is 19.4. The molecule has 0 fully saturated rings. The Kier molecular flexibility index (Phi) is 3.23. The monoisotopic (exact) mass is 293 g/mol. The van der Waals surface area contributed by atoms with Gasteiger partial charge in [-0.1, -0.05) is 18.2 Å². The quantitative estimate of drug-likeness (QED) is 0.870. The van der Waals surface area contributed by atoms with Gasteiger partial charge in [-0.3, -0.25) is 0 Å². The fourth-order valence-corrected chi connectivity index (χ4v) is 2.63. The predicted octanol–water partition coefficient (Wildman–Crippen LogP) is 3.77. The van der Waals surface area contributed by atoms with Gasteiger partial charge in [0.1, 0.15) is 5.69 Å². The molecule has 1 aliphatic heterocycles. The zero-order valence-corrected chi connectivity index (χ0v) is 11.2. The number of rotatable bonds is 1. The number of nitrogens with zero attached hydrogens (tertiary/aromatic N) is 2. The van der Waals surface area contributed by atoms with Crippen LogP contribution in [0, 0.1) is 0 Å². The summed E-state index contributed by atoms with van der Waals surface area (Å²) in [5.74, 6) is 0. The number of nitrogens with two attached hydrogens (primary N) is 1. The van der Waals surface area contributed by atoms with E-state index in [1.54, 1.807) is 0 Å². The summed E-state index contributed by atoms with van der Waals surface area (Å²) in [5.41, 5.74) is 7.57. The number of fused-ring (bicyclic) bond motifs is 1. The molecule has 2 aromatic rings. The number of nitrogen functional groups attached to an aromatic ring is 1. The van der Waals surface area contributed by atoms with Gasteiger partial charge in [0.05, 0.1) is 17.6 Å². The third kappa shape index (κ3) is 2.53. The maximum atomic E-state index is 12.8. The largest absolute Gasteiger partial charge is 0.433 e. The van der Waals surface area contributed by atoms with E-state index in [1.165, 1.54) is 0 Å². The molecule has 2 heterocycles. The fourth-order valence-electron chi connectivity index (χ4n) is 2.63. The number of aryl methyl sites for hydroxylation is 1. The maximum absolute atomic E-state index is 12.8. The Morgan fingerprint density at radius 3 is 2.67 bits per heavy atom. The van der Waals surface area contributed by atoms with Gasteiger partial charge in [0.25, 0.3) is 0 Å². The molecule has 3 nitrogen and oxygen atoms in total. The molecule has 110 valence electrons. The maximum Gasteiger partial charge on any atom is 0.433 e. The average molecular weight is 293 g/mol. The smallest absolute Gasteiger partial charge is 0.396 e. The molecule has 1 aromatic heterocycles. The molecule has 0 atom stereocenters. The molecular formula is C15H14F3N3. The summed E-state index contributed by atoms with van der Waals surface area (Å²) < 4.78 is 38.5. The minimum Gasteiger partial charge on any atom is -0.396 e. The van der Waals surface area contributed by atoms with Crippen LogP contribution in [0.4, 0.5) is 30.2 Å². The van der Waals surface area contributed by atoms with E-state index in [1.807, 2.05) is 29.2 Å². The Balaban J connectivity index is 2.09. The normalized spacial score (nSPS) is 14.9. The molecule has 1 aliphatic rings. The predicted molar refractivity (Wildman–Crippen MR) is 75.4 cm³/mol. The van der Waals surface area contributed by atoms with Gasteiger partial charge < -0.3 is 10.6 Å². The van der Waals surface area contributed by atoms with Crippen molar-refractivity contribution in [1.29, 1.82) is 0 Å². The summed E-state index contributed by atoms with van der Waals surface area (Å²) in [6, 6.07) is 8.72. The highest BCUT2D eigenvalue weighted by molar-refractivity contribution is 5.76. The molecule has 3 rings (SSSR count).